The summed E-state index contributed by atoms with van der Waals surface area (Å²) in [6, 6.07) is 6.60. The van der Waals surface area contributed by atoms with Crippen molar-refractivity contribution >= 4 is 35.0 Å². The van der Waals surface area contributed by atoms with Gasteiger partial charge < -0.3 is 4.74 Å². The van der Waals surface area contributed by atoms with Gasteiger partial charge in [0, 0.05) is 23.3 Å². The van der Waals surface area contributed by atoms with E-state index in [9.17, 15) is 9.59 Å². The van der Waals surface area contributed by atoms with Gasteiger partial charge in [-0.25, -0.2) is 9.79 Å². The number of methoxy groups -OCH3 is 1. The van der Waals surface area contributed by atoms with Gasteiger partial charge in [-0.1, -0.05) is 35.1 Å². The zero-order valence-electron chi connectivity index (χ0n) is 16.8. The number of aryl methyl sites for hydroxylation is 1. The van der Waals surface area contributed by atoms with E-state index in [2.05, 4.69) is 10.1 Å². The van der Waals surface area contributed by atoms with Gasteiger partial charge in [0.25, 0.3) is 5.56 Å². The lowest BCUT2D eigenvalue weighted by molar-refractivity contribution is -0.136. The van der Waals surface area contributed by atoms with Crippen LogP contribution in [0.25, 0.3) is 6.08 Å². The van der Waals surface area contributed by atoms with Gasteiger partial charge >= 0.3 is 5.97 Å². The number of esters is 1. The van der Waals surface area contributed by atoms with Gasteiger partial charge in [0.05, 0.1) is 29.1 Å². The molecule has 0 saturated heterocycles. The van der Waals surface area contributed by atoms with Gasteiger partial charge in [0.2, 0.25) is 0 Å². The molecule has 4 rings (SSSR count). The number of thiazole rings is 1. The molecular formula is C21H19ClN4O3S. The minimum atomic E-state index is -0.663. The van der Waals surface area contributed by atoms with E-state index in [1.54, 1.807) is 40.6 Å². The van der Waals surface area contributed by atoms with Crippen molar-refractivity contribution in [2.75, 3.05) is 7.11 Å². The van der Waals surface area contributed by atoms with E-state index in [0.29, 0.717) is 25.6 Å². The average Bonchev–Trinajstić information content (AvgIpc) is 3.19. The van der Waals surface area contributed by atoms with E-state index in [1.807, 2.05) is 26.1 Å². The molecule has 1 aromatic carbocycles. The molecule has 0 aliphatic carbocycles. The van der Waals surface area contributed by atoms with Crippen LogP contribution >= 0.6 is 22.9 Å². The fraction of sp³-hybridized carbons (Fsp3) is 0.238. The Hall–Kier alpha value is -2.97. The molecule has 7 nitrogen and oxygen atoms in total. The maximum Gasteiger partial charge on any atom is 0.338 e. The SMILES string of the molecule is COC(=O)C1=C(C)N=c2s/c(=C/c3cccc(Cl)c3)c(=O)n2[C@H]1c1cnn(C)c1C. The van der Waals surface area contributed by atoms with Gasteiger partial charge in [-0.3, -0.25) is 14.0 Å². The average molecular weight is 443 g/mol. The molecule has 0 saturated carbocycles. The molecule has 1 aliphatic rings. The highest BCUT2D eigenvalue weighted by Crippen LogP contribution is 2.32. The van der Waals surface area contributed by atoms with Gasteiger partial charge in [-0.05, 0) is 37.6 Å². The Labute approximate surface area is 181 Å². The van der Waals surface area contributed by atoms with Crippen molar-refractivity contribution in [1.29, 1.82) is 0 Å². The highest BCUT2D eigenvalue weighted by Gasteiger charge is 2.34. The quantitative estimate of drug-likeness (QED) is 0.582. The van der Waals surface area contributed by atoms with Crippen molar-refractivity contribution in [2.24, 2.45) is 12.0 Å². The predicted molar refractivity (Wildman–Crippen MR) is 115 cm³/mol. The molecule has 9 heteroatoms. The van der Waals surface area contributed by atoms with Crippen molar-refractivity contribution in [1.82, 2.24) is 14.3 Å². The summed E-state index contributed by atoms with van der Waals surface area (Å²) in [6.07, 6.45) is 3.45. The molecule has 3 heterocycles. The summed E-state index contributed by atoms with van der Waals surface area (Å²) >= 11 is 7.35. The molecular weight excluding hydrogens is 424 g/mol. The first kappa shape index (κ1) is 20.3. The van der Waals surface area contributed by atoms with Crippen LogP contribution in [0.15, 0.2) is 51.5 Å². The normalized spacial score (nSPS) is 16.4. The van der Waals surface area contributed by atoms with Gasteiger partial charge in [-0.15, -0.1) is 0 Å². The Morgan fingerprint density at radius 3 is 2.73 bits per heavy atom. The lowest BCUT2D eigenvalue weighted by atomic mass is 9.96. The maximum atomic E-state index is 13.4. The van der Waals surface area contributed by atoms with Crippen LogP contribution in [0, 0.1) is 6.92 Å². The molecule has 30 heavy (non-hydrogen) atoms. The van der Waals surface area contributed by atoms with Crippen LogP contribution in [0.4, 0.5) is 0 Å². The molecule has 3 aromatic rings. The van der Waals surface area contributed by atoms with Crippen molar-refractivity contribution in [3.05, 3.63) is 83.3 Å². The number of rotatable bonds is 3. The second-order valence-electron chi connectivity index (χ2n) is 6.94. The number of fused-ring (bicyclic) bond motifs is 1. The molecule has 2 aromatic heterocycles. The van der Waals surface area contributed by atoms with Crippen LogP contribution in [0.2, 0.25) is 5.02 Å². The van der Waals surface area contributed by atoms with Crippen LogP contribution in [0.1, 0.15) is 29.8 Å². The number of carbonyl (C=O) groups excluding carboxylic acids is 1. The smallest absolute Gasteiger partial charge is 0.338 e. The second-order valence-corrected chi connectivity index (χ2v) is 8.38. The highest BCUT2D eigenvalue weighted by molar-refractivity contribution is 7.07. The highest BCUT2D eigenvalue weighted by atomic mass is 35.5. The number of nitrogens with zero attached hydrogens (tertiary/aromatic N) is 4. The number of ether oxygens (including phenoxy) is 1. The fourth-order valence-corrected chi connectivity index (χ4v) is 4.76. The number of hydrogen-bond donors (Lipinski definition) is 0. The summed E-state index contributed by atoms with van der Waals surface area (Å²) < 4.78 is 8.77. The Balaban J connectivity index is 2.01. The number of hydrogen-bond acceptors (Lipinski definition) is 6. The molecule has 154 valence electrons. The molecule has 0 unspecified atom stereocenters. The Morgan fingerprint density at radius 2 is 2.10 bits per heavy atom. The molecule has 1 aliphatic heterocycles. The van der Waals surface area contributed by atoms with Crippen LogP contribution in [-0.2, 0) is 16.6 Å². The summed E-state index contributed by atoms with van der Waals surface area (Å²) in [4.78, 5) is 31.1. The molecule has 1 atom stereocenters. The third kappa shape index (κ3) is 3.32. The van der Waals surface area contributed by atoms with E-state index in [4.69, 9.17) is 16.3 Å². The number of aromatic nitrogens is 3. The largest absolute Gasteiger partial charge is 0.466 e. The van der Waals surface area contributed by atoms with Gasteiger partial charge in [-0.2, -0.15) is 5.10 Å². The first-order chi connectivity index (χ1) is 14.3. The minimum Gasteiger partial charge on any atom is -0.466 e. The Kier molecular flexibility index (Phi) is 5.21. The summed E-state index contributed by atoms with van der Waals surface area (Å²) in [5, 5.41) is 4.89. The zero-order chi connectivity index (χ0) is 21.6. The molecule has 0 fully saturated rings. The third-order valence-corrected chi connectivity index (χ3v) is 6.36. The molecule has 0 radical (unpaired) electrons. The summed E-state index contributed by atoms with van der Waals surface area (Å²) in [6.45, 7) is 3.65. The Bertz CT molecular complexity index is 1380. The molecule has 0 spiro atoms. The topological polar surface area (TPSA) is 78.5 Å². The van der Waals surface area contributed by atoms with E-state index in [0.717, 1.165) is 16.8 Å². The summed E-state index contributed by atoms with van der Waals surface area (Å²) in [5.41, 5.74) is 3.02. The van der Waals surface area contributed by atoms with Crippen LogP contribution in [0.5, 0.6) is 0 Å². The van der Waals surface area contributed by atoms with Crippen LogP contribution in [0.3, 0.4) is 0 Å². The minimum absolute atomic E-state index is 0.235. The van der Waals surface area contributed by atoms with E-state index >= 15 is 0 Å². The maximum absolute atomic E-state index is 13.4. The van der Waals surface area contributed by atoms with E-state index < -0.39 is 12.0 Å². The lowest BCUT2D eigenvalue weighted by Crippen LogP contribution is -2.40. The number of carbonyl (C=O) groups is 1. The van der Waals surface area contributed by atoms with E-state index in [1.165, 1.54) is 18.4 Å². The lowest BCUT2D eigenvalue weighted by Gasteiger charge is -2.23. The number of benzene rings is 1. The number of halogens is 1. The van der Waals surface area contributed by atoms with E-state index in [-0.39, 0.29) is 5.56 Å². The second kappa shape index (κ2) is 7.70. The molecule has 0 amide bonds. The summed E-state index contributed by atoms with van der Waals surface area (Å²) in [5.74, 6) is -0.520. The van der Waals surface area contributed by atoms with Crippen molar-refractivity contribution < 1.29 is 9.53 Å². The third-order valence-electron chi connectivity index (χ3n) is 5.14. The first-order valence-electron chi connectivity index (χ1n) is 9.16. The molecule has 0 N–H and O–H groups in total. The predicted octanol–water partition coefficient (Wildman–Crippen LogP) is 2.10. The van der Waals surface area contributed by atoms with Crippen LogP contribution < -0.4 is 14.9 Å². The standard InChI is InChI=1S/C21H19ClN4O3S/c1-11-17(20(28)29-4)18(15-10-23-25(3)12(15)2)26-19(27)16(30-21(26)24-11)9-13-6-5-7-14(22)8-13/h5-10,18H,1-4H3/b16-9+/t18-/m0/s1. The van der Waals surface area contributed by atoms with Gasteiger partial charge in [0.1, 0.15) is 6.04 Å². The molecule has 0 bridgehead atoms. The van der Waals surface area contributed by atoms with Crippen molar-refractivity contribution in [3.63, 3.8) is 0 Å². The monoisotopic (exact) mass is 442 g/mol. The first-order valence-corrected chi connectivity index (χ1v) is 10.4. The number of allylic oxidation sites excluding steroid dienone is 1. The Morgan fingerprint density at radius 1 is 1.33 bits per heavy atom. The summed E-state index contributed by atoms with van der Waals surface area (Å²) in [7, 11) is 3.14. The van der Waals surface area contributed by atoms with Gasteiger partial charge in [0.15, 0.2) is 4.80 Å². The van der Waals surface area contributed by atoms with Crippen molar-refractivity contribution in [2.45, 2.75) is 19.9 Å². The zero-order valence-corrected chi connectivity index (χ0v) is 18.4. The van der Waals surface area contributed by atoms with Crippen molar-refractivity contribution in [3.8, 4) is 0 Å². The fourth-order valence-electron chi connectivity index (χ4n) is 3.52. The van der Waals surface area contributed by atoms with Crippen LogP contribution in [-0.4, -0.2) is 27.4 Å².